The first-order valence-corrected chi connectivity index (χ1v) is 10.6. The van der Waals surface area contributed by atoms with Crippen molar-refractivity contribution in [2.75, 3.05) is 0 Å². The molecule has 0 spiro atoms. The van der Waals surface area contributed by atoms with Crippen molar-refractivity contribution in [2.45, 2.75) is 0 Å². The van der Waals surface area contributed by atoms with Crippen LogP contribution in [0.25, 0.3) is 42.4 Å². The molecule has 130 valence electrons. The third-order valence-corrected chi connectivity index (χ3v) is 6.81. The zero-order chi connectivity index (χ0) is 18.4. The minimum absolute atomic E-state index is 0.759. The predicted molar refractivity (Wildman–Crippen MR) is 123 cm³/mol. The fraction of sp³-hybridized carbons (Fsp3) is 0. The van der Waals surface area contributed by atoms with Crippen LogP contribution < -0.4 is 0 Å². The molecule has 0 amide bonds. The number of hydrogen-bond acceptors (Lipinski definition) is 1. The summed E-state index contributed by atoms with van der Waals surface area (Å²) in [6.07, 6.45) is 0. The lowest BCUT2D eigenvalue weighted by Gasteiger charge is -2.07. The second-order valence-corrected chi connectivity index (χ2v) is 8.89. The maximum atomic E-state index is 6.17. The van der Waals surface area contributed by atoms with Gasteiger partial charge in [0.1, 0.15) is 0 Å². The molecule has 27 heavy (non-hydrogen) atoms. The number of hydrogen-bond donors (Lipinski definition) is 0. The molecule has 0 saturated heterocycles. The normalized spacial score (nSPS) is 11.3. The van der Waals surface area contributed by atoms with Gasteiger partial charge in [-0.3, -0.25) is 0 Å². The fourth-order valence-electron chi connectivity index (χ4n) is 3.51. The lowest BCUT2D eigenvalue weighted by molar-refractivity contribution is 1.60. The number of thiophene rings is 1. The second-order valence-electron chi connectivity index (χ2n) is 6.52. The molecular weight excluding hydrogens is 436 g/mol. The van der Waals surface area contributed by atoms with E-state index in [1.807, 2.05) is 29.5 Å². The highest BCUT2D eigenvalue weighted by Crippen LogP contribution is 2.40. The van der Waals surface area contributed by atoms with E-state index in [1.54, 1.807) is 0 Å². The molecule has 0 aliphatic heterocycles. The van der Waals surface area contributed by atoms with Crippen molar-refractivity contribution in [3.63, 3.8) is 0 Å². The van der Waals surface area contributed by atoms with E-state index in [1.165, 1.54) is 36.9 Å². The van der Waals surface area contributed by atoms with Crippen LogP contribution in [0.3, 0.4) is 0 Å². The largest absolute Gasteiger partial charge is 0.135 e. The van der Waals surface area contributed by atoms with Crippen molar-refractivity contribution < 1.29 is 0 Å². The smallest absolute Gasteiger partial charge is 0.0412 e. The van der Waals surface area contributed by atoms with Gasteiger partial charge < -0.3 is 0 Å². The molecule has 0 nitrogen and oxygen atoms in total. The topological polar surface area (TPSA) is 0 Å². The van der Waals surface area contributed by atoms with Crippen LogP contribution in [0.15, 0.2) is 89.4 Å². The lowest BCUT2D eigenvalue weighted by atomic mass is 9.98. The lowest BCUT2D eigenvalue weighted by Crippen LogP contribution is -1.81. The molecule has 0 fully saturated rings. The Morgan fingerprint density at radius 3 is 2.07 bits per heavy atom. The molecule has 5 aromatic rings. The molecule has 0 bridgehead atoms. The van der Waals surface area contributed by atoms with Gasteiger partial charge in [-0.1, -0.05) is 76.1 Å². The van der Waals surface area contributed by atoms with E-state index in [9.17, 15) is 0 Å². The number of benzene rings is 4. The average Bonchev–Trinajstić information content (AvgIpc) is 3.07. The van der Waals surface area contributed by atoms with Gasteiger partial charge in [0.15, 0.2) is 0 Å². The van der Waals surface area contributed by atoms with E-state index in [4.69, 9.17) is 11.6 Å². The average molecular weight is 450 g/mol. The van der Waals surface area contributed by atoms with Crippen molar-refractivity contribution in [2.24, 2.45) is 0 Å². The Hall–Kier alpha value is -2.13. The second kappa shape index (κ2) is 6.79. The summed E-state index contributed by atoms with van der Waals surface area (Å²) in [5, 5.41) is 3.36. The van der Waals surface area contributed by atoms with Crippen LogP contribution in [0.4, 0.5) is 0 Å². The summed E-state index contributed by atoms with van der Waals surface area (Å²) in [6, 6.07) is 29.8. The zero-order valence-electron chi connectivity index (χ0n) is 14.2. The molecule has 0 N–H and O–H groups in total. The van der Waals surface area contributed by atoms with E-state index >= 15 is 0 Å². The van der Waals surface area contributed by atoms with E-state index in [0.29, 0.717) is 0 Å². The van der Waals surface area contributed by atoms with Gasteiger partial charge in [0.25, 0.3) is 0 Å². The Kier molecular flexibility index (Phi) is 4.28. The van der Waals surface area contributed by atoms with Crippen molar-refractivity contribution in [3.05, 3.63) is 94.4 Å². The van der Waals surface area contributed by atoms with Crippen molar-refractivity contribution in [1.82, 2.24) is 0 Å². The molecule has 0 radical (unpaired) electrons. The maximum Gasteiger partial charge on any atom is 0.0412 e. The number of fused-ring (bicyclic) bond motifs is 3. The van der Waals surface area contributed by atoms with Gasteiger partial charge >= 0.3 is 0 Å². The quantitative estimate of drug-likeness (QED) is 0.252. The molecule has 3 heteroatoms. The first kappa shape index (κ1) is 17.0. The van der Waals surface area contributed by atoms with Crippen molar-refractivity contribution >= 4 is 59.0 Å². The molecule has 0 unspecified atom stereocenters. The summed E-state index contributed by atoms with van der Waals surface area (Å²) in [5.74, 6) is 0. The third kappa shape index (κ3) is 3.08. The van der Waals surface area contributed by atoms with Crippen LogP contribution in [0, 0.1) is 0 Å². The van der Waals surface area contributed by atoms with Gasteiger partial charge in [0.05, 0.1) is 0 Å². The van der Waals surface area contributed by atoms with Gasteiger partial charge in [0, 0.05) is 29.7 Å². The van der Waals surface area contributed by atoms with E-state index in [2.05, 4.69) is 82.7 Å². The Balaban J connectivity index is 1.64. The molecule has 1 aromatic heterocycles. The summed E-state index contributed by atoms with van der Waals surface area (Å²) < 4.78 is 3.77. The highest BCUT2D eigenvalue weighted by molar-refractivity contribution is 9.10. The van der Waals surface area contributed by atoms with Crippen molar-refractivity contribution in [1.29, 1.82) is 0 Å². The monoisotopic (exact) mass is 448 g/mol. The number of halogens is 2. The maximum absolute atomic E-state index is 6.17. The first-order chi connectivity index (χ1) is 13.2. The van der Waals surface area contributed by atoms with Gasteiger partial charge in [-0.25, -0.2) is 0 Å². The SMILES string of the molecule is Clc1cccc(-c2cccc(-c3ccc4c(c3)sc3cccc(Br)c34)c2)c1. The highest BCUT2D eigenvalue weighted by Gasteiger charge is 2.10. The molecule has 0 aliphatic rings. The molecule has 5 rings (SSSR count). The molecule has 0 saturated carbocycles. The molecule has 1 heterocycles. The van der Waals surface area contributed by atoms with Crippen LogP contribution in [0.5, 0.6) is 0 Å². The van der Waals surface area contributed by atoms with Gasteiger partial charge in [0.2, 0.25) is 0 Å². The Morgan fingerprint density at radius 1 is 0.630 bits per heavy atom. The van der Waals surface area contributed by atoms with Crippen LogP contribution >= 0.6 is 38.9 Å². The van der Waals surface area contributed by atoms with Gasteiger partial charge in [-0.15, -0.1) is 11.3 Å². The summed E-state index contributed by atoms with van der Waals surface area (Å²) >= 11 is 11.7. The van der Waals surface area contributed by atoms with Gasteiger partial charge in [-0.2, -0.15) is 0 Å². The number of rotatable bonds is 2. The summed E-state index contributed by atoms with van der Waals surface area (Å²) in [5.41, 5.74) is 4.75. The third-order valence-electron chi connectivity index (χ3n) is 4.80. The highest BCUT2D eigenvalue weighted by atomic mass is 79.9. The van der Waals surface area contributed by atoms with E-state index in [0.717, 1.165) is 15.1 Å². The van der Waals surface area contributed by atoms with Gasteiger partial charge in [-0.05, 0) is 58.7 Å². The first-order valence-electron chi connectivity index (χ1n) is 8.66. The molecule has 0 aliphatic carbocycles. The Bertz CT molecular complexity index is 1300. The summed E-state index contributed by atoms with van der Waals surface area (Å²) in [7, 11) is 0. The van der Waals surface area contributed by atoms with Crippen molar-refractivity contribution in [3.8, 4) is 22.3 Å². The fourth-order valence-corrected chi connectivity index (χ4v) is 5.58. The minimum Gasteiger partial charge on any atom is -0.135 e. The van der Waals surface area contributed by atoms with E-state index in [-0.39, 0.29) is 0 Å². The van der Waals surface area contributed by atoms with Crippen LogP contribution in [-0.4, -0.2) is 0 Å². The molecule has 4 aromatic carbocycles. The molecule has 0 atom stereocenters. The standard InChI is InChI=1S/C24H14BrClS/c25-21-8-3-9-22-24(21)20-11-10-18(14-23(20)27-22)16-5-1-4-15(12-16)17-6-2-7-19(26)13-17/h1-14H. The Morgan fingerprint density at radius 2 is 1.30 bits per heavy atom. The van der Waals surface area contributed by atoms with E-state index < -0.39 is 0 Å². The minimum atomic E-state index is 0.759. The van der Waals surface area contributed by atoms with Crippen LogP contribution in [0.1, 0.15) is 0 Å². The van der Waals surface area contributed by atoms with Crippen LogP contribution in [-0.2, 0) is 0 Å². The summed E-state index contributed by atoms with van der Waals surface area (Å²) in [6.45, 7) is 0. The Labute approximate surface area is 175 Å². The van der Waals surface area contributed by atoms with Crippen LogP contribution in [0.2, 0.25) is 5.02 Å². The summed E-state index contributed by atoms with van der Waals surface area (Å²) in [4.78, 5) is 0. The predicted octanol–water partition coefficient (Wildman–Crippen LogP) is 8.80. The zero-order valence-corrected chi connectivity index (χ0v) is 17.4. The molecular formula is C24H14BrClS.